The maximum absolute atomic E-state index is 12.9. The van der Waals surface area contributed by atoms with E-state index in [0.29, 0.717) is 5.56 Å². The molecule has 1 fully saturated rings. The van der Waals surface area contributed by atoms with Gasteiger partial charge in [0.05, 0.1) is 5.56 Å². The van der Waals surface area contributed by atoms with Crippen LogP contribution in [0.1, 0.15) is 55.6 Å². The summed E-state index contributed by atoms with van der Waals surface area (Å²) in [5, 5.41) is 0. The molecule has 17 heavy (non-hydrogen) atoms. The number of pyridine rings is 1. The van der Waals surface area contributed by atoms with Crippen LogP contribution in [0.5, 0.6) is 0 Å². The molecule has 94 valence electrons. The van der Waals surface area contributed by atoms with E-state index in [0.717, 1.165) is 44.7 Å². The quantitative estimate of drug-likeness (QED) is 0.660. The van der Waals surface area contributed by atoms with Crippen LogP contribution in [0.25, 0.3) is 0 Å². The predicted octanol–water partition coefficient (Wildman–Crippen LogP) is 4.54. The zero-order valence-corrected chi connectivity index (χ0v) is 9.63. The van der Waals surface area contributed by atoms with Crippen molar-refractivity contribution in [3.8, 4) is 0 Å². The van der Waals surface area contributed by atoms with Gasteiger partial charge in [-0.3, -0.25) is 4.98 Å². The second kappa shape index (κ2) is 5.07. The van der Waals surface area contributed by atoms with Crippen molar-refractivity contribution in [2.45, 2.75) is 50.6 Å². The molecule has 0 spiro atoms. The van der Waals surface area contributed by atoms with Gasteiger partial charge in [0.15, 0.2) is 0 Å². The molecule has 1 aromatic heterocycles. The van der Waals surface area contributed by atoms with Crippen LogP contribution in [-0.2, 0) is 6.18 Å². The summed E-state index contributed by atoms with van der Waals surface area (Å²) in [5.41, 5.74) is -0.110. The van der Waals surface area contributed by atoms with Gasteiger partial charge in [0.25, 0.3) is 0 Å². The van der Waals surface area contributed by atoms with Crippen LogP contribution in [-0.4, -0.2) is 4.98 Å². The minimum atomic E-state index is -4.28. The Kier molecular flexibility index (Phi) is 3.69. The molecular formula is C13H16F3N. The molecule has 2 rings (SSSR count). The molecule has 0 bridgehead atoms. The third-order valence-electron chi connectivity index (χ3n) is 3.46. The summed E-state index contributed by atoms with van der Waals surface area (Å²) in [5.74, 6) is 0.0529. The van der Waals surface area contributed by atoms with Crippen molar-refractivity contribution in [2.75, 3.05) is 0 Å². The van der Waals surface area contributed by atoms with E-state index < -0.39 is 11.7 Å². The van der Waals surface area contributed by atoms with E-state index in [9.17, 15) is 13.2 Å². The molecule has 0 unspecified atom stereocenters. The highest BCUT2D eigenvalue weighted by Gasteiger charge is 2.35. The standard InChI is InChI=1S/C13H16F3N/c14-13(15,16)12-9-17-8-7-11(12)10-5-3-1-2-4-6-10/h7-10H,1-6H2. The van der Waals surface area contributed by atoms with Crippen molar-refractivity contribution in [1.82, 2.24) is 4.98 Å². The van der Waals surface area contributed by atoms with Gasteiger partial charge in [-0.25, -0.2) is 0 Å². The van der Waals surface area contributed by atoms with Crippen LogP contribution < -0.4 is 0 Å². The number of hydrogen-bond donors (Lipinski definition) is 0. The van der Waals surface area contributed by atoms with Gasteiger partial charge in [0.2, 0.25) is 0 Å². The second-order valence-electron chi connectivity index (χ2n) is 4.65. The van der Waals surface area contributed by atoms with Crippen molar-refractivity contribution < 1.29 is 13.2 Å². The average Bonchev–Trinajstić information content (AvgIpc) is 2.56. The molecule has 0 atom stereocenters. The van der Waals surface area contributed by atoms with Gasteiger partial charge >= 0.3 is 6.18 Å². The molecule has 4 heteroatoms. The Hall–Kier alpha value is -1.06. The zero-order chi connectivity index (χ0) is 12.3. The van der Waals surface area contributed by atoms with Crippen molar-refractivity contribution in [3.05, 3.63) is 29.6 Å². The summed E-state index contributed by atoms with van der Waals surface area (Å²) in [6, 6.07) is 1.54. The summed E-state index contributed by atoms with van der Waals surface area (Å²) in [6.45, 7) is 0. The lowest BCUT2D eigenvalue weighted by Crippen LogP contribution is -2.12. The number of aromatic nitrogens is 1. The molecule has 0 aliphatic heterocycles. The Bertz CT molecular complexity index is 365. The van der Waals surface area contributed by atoms with Crippen LogP contribution in [0.15, 0.2) is 18.5 Å². The first kappa shape index (κ1) is 12.4. The number of nitrogens with zero attached hydrogens (tertiary/aromatic N) is 1. The number of alkyl halides is 3. The molecule has 0 radical (unpaired) electrons. The predicted molar refractivity (Wildman–Crippen MR) is 59.7 cm³/mol. The Labute approximate surface area is 99.1 Å². The molecule has 0 N–H and O–H groups in total. The van der Waals surface area contributed by atoms with E-state index in [1.54, 1.807) is 6.07 Å². The van der Waals surface area contributed by atoms with Crippen LogP contribution >= 0.6 is 0 Å². The van der Waals surface area contributed by atoms with Gasteiger partial charge in [-0.05, 0) is 30.4 Å². The normalized spacial score (nSPS) is 19.0. The lowest BCUT2D eigenvalue weighted by atomic mass is 9.89. The number of hydrogen-bond acceptors (Lipinski definition) is 1. The topological polar surface area (TPSA) is 12.9 Å². The van der Waals surface area contributed by atoms with Gasteiger partial charge in [0, 0.05) is 12.4 Å². The highest BCUT2D eigenvalue weighted by Crippen LogP contribution is 2.39. The molecule has 0 saturated heterocycles. The largest absolute Gasteiger partial charge is 0.418 e. The van der Waals surface area contributed by atoms with E-state index in [1.165, 1.54) is 6.20 Å². The first-order chi connectivity index (χ1) is 8.09. The SMILES string of the molecule is FC(F)(F)c1cnccc1C1CCCCCC1. The van der Waals surface area contributed by atoms with Crippen LogP contribution in [0.3, 0.4) is 0 Å². The highest BCUT2D eigenvalue weighted by molar-refractivity contribution is 5.29. The first-order valence-electron chi connectivity index (χ1n) is 6.10. The Morgan fingerprint density at radius 1 is 1.06 bits per heavy atom. The van der Waals surface area contributed by atoms with Crippen molar-refractivity contribution in [2.24, 2.45) is 0 Å². The monoisotopic (exact) mass is 243 g/mol. The average molecular weight is 243 g/mol. The maximum Gasteiger partial charge on any atom is 0.418 e. The molecule has 1 saturated carbocycles. The fourth-order valence-corrected chi connectivity index (χ4v) is 2.59. The molecule has 1 aromatic rings. The van der Waals surface area contributed by atoms with Gasteiger partial charge in [-0.2, -0.15) is 13.2 Å². The van der Waals surface area contributed by atoms with E-state index in [2.05, 4.69) is 4.98 Å². The van der Waals surface area contributed by atoms with Crippen molar-refractivity contribution in [3.63, 3.8) is 0 Å². The van der Waals surface area contributed by atoms with Crippen LogP contribution in [0.2, 0.25) is 0 Å². The summed E-state index contributed by atoms with van der Waals surface area (Å²) in [6.07, 6.45) is 4.23. The molecule has 0 aromatic carbocycles. The number of rotatable bonds is 1. The Morgan fingerprint density at radius 3 is 2.29 bits per heavy atom. The highest BCUT2D eigenvalue weighted by atomic mass is 19.4. The van der Waals surface area contributed by atoms with Crippen LogP contribution in [0.4, 0.5) is 13.2 Å². The van der Waals surface area contributed by atoms with E-state index >= 15 is 0 Å². The third-order valence-corrected chi connectivity index (χ3v) is 3.46. The fourth-order valence-electron chi connectivity index (χ4n) is 2.59. The fraction of sp³-hybridized carbons (Fsp3) is 0.615. The Balaban J connectivity index is 2.30. The van der Waals surface area contributed by atoms with Crippen LogP contribution in [0, 0.1) is 0 Å². The van der Waals surface area contributed by atoms with Crippen molar-refractivity contribution in [1.29, 1.82) is 0 Å². The lowest BCUT2D eigenvalue weighted by Gasteiger charge is -2.19. The molecule has 0 amide bonds. The third kappa shape index (κ3) is 2.99. The second-order valence-corrected chi connectivity index (χ2v) is 4.65. The molecule has 1 heterocycles. The summed E-state index contributed by atoms with van der Waals surface area (Å²) in [4.78, 5) is 3.61. The lowest BCUT2D eigenvalue weighted by molar-refractivity contribution is -0.138. The summed E-state index contributed by atoms with van der Waals surface area (Å²) < 4.78 is 38.6. The van der Waals surface area contributed by atoms with E-state index in [1.807, 2.05) is 0 Å². The van der Waals surface area contributed by atoms with Gasteiger partial charge in [-0.15, -0.1) is 0 Å². The minimum absolute atomic E-state index is 0.0529. The zero-order valence-electron chi connectivity index (χ0n) is 9.63. The number of halogens is 3. The van der Waals surface area contributed by atoms with E-state index in [4.69, 9.17) is 0 Å². The van der Waals surface area contributed by atoms with Gasteiger partial charge in [0.1, 0.15) is 0 Å². The molecule has 1 aliphatic rings. The van der Waals surface area contributed by atoms with Gasteiger partial charge in [-0.1, -0.05) is 25.7 Å². The molecular weight excluding hydrogens is 227 g/mol. The maximum atomic E-state index is 12.9. The Morgan fingerprint density at radius 2 is 1.71 bits per heavy atom. The first-order valence-corrected chi connectivity index (χ1v) is 6.10. The minimum Gasteiger partial charge on any atom is -0.264 e. The molecule has 1 nitrogen and oxygen atoms in total. The molecule has 1 aliphatic carbocycles. The summed E-state index contributed by atoms with van der Waals surface area (Å²) >= 11 is 0. The van der Waals surface area contributed by atoms with Gasteiger partial charge < -0.3 is 0 Å². The smallest absolute Gasteiger partial charge is 0.264 e. The van der Waals surface area contributed by atoms with Crippen molar-refractivity contribution >= 4 is 0 Å². The summed E-state index contributed by atoms with van der Waals surface area (Å²) in [7, 11) is 0. The van der Waals surface area contributed by atoms with E-state index in [-0.39, 0.29) is 5.92 Å².